The van der Waals surface area contributed by atoms with Crippen molar-refractivity contribution >= 4 is 28.5 Å². The average Bonchev–Trinajstić information content (AvgIpc) is 2.85. The van der Waals surface area contributed by atoms with Gasteiger partial charge in [-0.1, -0.05) is 55.8 Å². The number of halogens is 1. The largest absolute Gasteiger partial charge is 0.354 e. The van der Waals surface area contributed by atoms with Crippen LogP contribution in [0, 0.1) is 5.41 Å². The molecule has 1 nitrogen and oxygen atoms in total. The van der Waals surface area contributed by atoms with Crippen LogP contribution in [-0.2, 0) is 6.42 Å². The molecule has 116 valence electrons. The van der Waals surface area contributed by atoms with Gasteiger partial charge in [-0.15, -0.1) is 0 Å². The van der Waals surface area contributed by atoms with Crippen LogP contribution in [0.5, 0.6) is 0 Å². The molecule has 4 rings (SSSR count). The molecule has 2 heteroatoms. The highest BCUT2D eigenvalue weighted by Crippen LogP contribution is 2.46. The lowest BCUT2D eigenvalue weighted by atomic mass is 9.79. The van der Waals surface area contributed by atoms with E-state index in [1.807, 2.05) is 18.2 Å². The number of benzene rings is 2. The molecule has 0 atom stereocenters. The SMILES string of the molecule is CC1(C)C=CC2=C(C1)c1cc(Cl)c(Nc3ccccc3)cc1C2. The molecule has 0 amide bonds. The van der Waals surface area contributed by atoms with E-state index < -0.39 is 0 Å². The molecular formula is C21H20ClN. The molecule has 0 saturated heterocycles. The predicted molar refractivity (Wildman–Crippen MR) is 99.3 cm³/mol. The Morgan fingerprint density at radius 2 is 1.87 bits per heavy atom. The van der Waals surface area contributed by atoms with Crippen LogP contribution in [0.1, 0.15) is 31.4 Å². The zero-order chi connectivity index (χ0) is 16.0. The second kappa shape index (κ2) is 5.28. The second-order valence-corrected chi connectivity index (χ2v) is 7.57. The van der Waals surface area contributed by atoms with Crippen molar-refractivity contribution in [1.29, 1.82) is 0 Å². The first kappa shape index (κ1) is 14.6. The number of anilines is 2. The van der Waals surface area contributed by atoms with Crippen molar-refractivity contribution < 1.29 is 0 Å². The lowest BCUT2D eigenvalue weighted by Gasteiger charge is -2.26. The van der Waals surface area contributed by atoms with E-state index >= 15 is 0 Å². The van der Waals surface area contributed by atoms with Crippen LogP contribution in [0.3, 0.4) is 0 Å². The number of para-hydroxylation sites is 1. The predicted octanol–water partition coefficient (Wildman–Crippen LogP) is 6.38. The van der Waals surface area contributed by atoms with Crippen molar-refractivity contribution in [2.24, 2.45) is 5.41 Å². The highest BCUT2D eigenvalue weighted by Gasteiger charge is 2.29. The number of hydrogen-bond donors (Lipinski definition) is 1. The summed E-state index contributed by atoms with van der Waals surface area (Å²) < 4.78 is 0. The minimum Gasteiger partial charge on any atom is -0.354 e. The smallest absolute Gasteiger partial charge is 0.0647 e. The number of hydrogen-bond acceptors (Lipinski definition) is 1. The molecular weight excluding hydrogens is 302 g/mol. The Hall–Kier alpha value is -1.99. The van der Waals surface area contributed by atoms with E-state index in [4.69, 9.17) is 11.6 Å². The van der Waals surface area contributed by atoms with Crippen LogP contribution >= 0.6 is 11.6 Å². The number of fused-ring (bicyclic) bond motifs is 2. The van der Waals surface area contributed by atoms with Gasteiger partial charge in [0.1, 0.15) is 0 Å². The molecule has 1 N–H and O–H groups in total. The summed E-state index contributed by atoms with van der Waals surface area (Å²) in [5.74, 6) is 0. The quantitative estimate of drug-likeness (QED) is 0.676. The number of allylic oxidation sites excluding steroid dienone is 4. The summed E-state index contributed by atoms with van der Waals surface area (Å²) >= 11 is 6.56. The van der Waals surface area contributed by atoms with E-state index in [1.54, 1.807) is 0 Å². The van der Waals surface area contributed by atoms with E-state index in [1.165, 1.54) is 22.3 Å². The summed E-state index contributed by atoms with van der Waals surface area (Å²) in [5.41, 5.74) is 7.91. The van der Waals surface area contributed by atoms with Crippen LogP contribution in [0.15, 0.2) is 60.2 Å². The highest BCUT2D eigenvalue weighted by molar-refractivity contribution is 6.33. The summed E-state index contributed by atoms with van der Waals surface area (Å²) in [7, 11) is 0. The minimum absolute atomic E-state index is 0.230. The molecule has 0 aliphatic heterocycles. The number of nitrogens with one attached hydrogen (secondary N) is 1. The summed E-state index contributed by atoms with van der Waals surface area (Å²) in [6, 6.07) is 14.5. The van der Waals surface area contributed by atoms with Crippen LogP contribution in [-0.4, -0.2) is 0 Å². The molecule has 0 unspecified atom stereocenters. The maximum absolute atomic E-state index is 6.56. The molecule has 0 radical (unpaired) electrons. The fourth-order valence-electron chi connectivity index (χ4n) is 3.51. The van der Waals surface area contributed by atoms with Crippen LogP contribution in [0.25, 0.3) is 5.57 Å². The van der Waals surface area contributed by atoms with E-state index in [2.05, 4.69) is 55.6 Å². The third-order valence-corrected chi connectivity index (χ3v) is 5.02. The fourth-order valence-corrected chi connectivity index (χ4v) is 3.72. The molecule has 2 aromatic rings. The lowest BCUT2D eigenvalue weighted by molar-refractivity contribution is 0.491. The van der Waals surface area contributed by atoms with Crippen molar-refractivity contribution in [3.63, 3.8) is 0 Å². The Morgan fingerprint density at radius 3 is 2.65 bits per heavy atom. The van der Waals surface area contributed by atoms with Gasteiger partial charge < -0.3 is 5.32 Å². The Balaban J connectivity index is 1.69. The molecule has 0 aromatic heterocycles. The van der Waals surface area contributed by atoms with Gasteiger partial charge in [0.2, 0.25) is 0 Å². The molecule has 2 aliphatic rings. The van der Waals surface area contributed by atoms with Crippen molar-refractivity contribution in [3.8, 4) is 0 Å². The van der Waals surface area contributed by atoms with Gasteiger partial charge in [0.15, 0.2) is 0 Å². The molecule has 2 aromatic carbocycles. The van der Waals surface area contributed by atoms with E-state index in [-0.39, 0.29) is 5.41 Å². The summed E-state index contributed by atoms with van der Waals surface area (Å²) in [6.07, 6.45) is 6.74. The third-order valence-electron chi connectivity index (χ3n) is 4.71. The maximum Gasteiger partial charge on any atom is 0.0647 e. The van der Waals surface area contributed by atoms with E-state index in [0.717, 1.165) is 29.2 Å². The topological polar surface area (TPSA) is 12.0 Å². The molecule has 2 aliphatic carbocycles. The zero-order valence-electron chi connectivity index (χ0n) is 13.5. The normalized spacial score (nSPS) is 17.9. The van der Waals surface area contributed by atoms with Gasteiger partial charge in [-0.3, -0.25) is 0 Å². The van der Waals surface area contributed by atoms with Gasteiger partial charge in [0.25, 0.3) is 0 Å². The molecule has 0 saturated carbocycles. The second-order valence-electron chi connectivity index (χ2n) is 7.16. The fraction of sp³-hybridized carbons (Fsp3) is 0.238. The first-order valence-corrected chi connectivity index (χ1v) is 8.46. The van der Waals surface area contributed by atoms with Crippen molar-refractivity contribution in [1.82, 2.24) is 0 Å². The van der Waals surface area contributed by atoms with Gasteiger partial charge in [-0.25, -0.2) is 0 Å². The van der Waals surface area contributed by atoms with E-state index in [0.29, 0.717) is 0 Å². The molecule has 0 fully saturated rings. The van der Waals surface area contributed by atoms with Gasteiger partial charge in [-0.2, -0.15) is 0 Å². The van der Waals surface area contributed by atoms with E-state index in [9.17, 15) is 0 Å². The van der Waals surface area contributed by atoms with Crippen molar-refractivity contribution in [2.75, 3.05) is 5.32 Å². The Morgan fingerprint density at radius 1 is 1.09 bits per heavy atom. The lowest BCUT2D eigenvalue weighted by Crippen LogP contribution is -2.11. The Kier molecular flexibility index (Phi) is 3.35. The first-order valence-electron chi connectivity index (χ1n) is 8.08. The Labute approximate surface area is 142 Å². The van der Waals surface area contributed by atoms with Gasteiger partial charge in [-0.05, 0) is 64.8 Å². The van der Waals surface area contributed by atoms with Gasteiger partial charge in [0.05, 0.1) is 10.7 Å². The third kappa shape index (κ3) is 2.70. The molecule has 0 bridgehead atoms. The average molecular weight is 322 g/mol. The Bertz CT molecular complexity index is 828. The summed E-state index contributed by atoms with van der Waals surface area (Å²) in [4.78, 5) is 0. The van der Waals surface area contributed by atoms with Crippen LogP contribution < -0.4 is 5.32 Å². The van der Waals surface area contributed by atoms with Crippen molar-refractivity contribution in [2.45, 2.75) is 26.7 Å². The summed E-state index contributed by atoms with van der Waals surface area (Å²) in [6.45, 7) is 4.58. The minimum atomic E-state index is 0.230. The summed E-state index contributed by atoms with van der Waals surface area (Å²) in [5, 5.41) is 4.22. The molecule has 0 heterocycles. The van der Waals surface area contributed by atoms with Crippen LogP contribution in [0.2, 0.25) is 5.02 Å². The standard InChI is InChI=1S/C21H20ClN/c1-21(2)9-8-14-10-15-11-20(23-16-6-4-3-5-7-16)19(22)12-17(15)18(14)13-21/h3-9,11-12,23H,10,13H2,1-2H3. The maximum atomic E-state index is 6.56. The van der Waals surface area contributed by atoms with Gasteiger partial charge >= 0.3 is 0 Å². The van der Waals surface area contributed by atoms with Crippen molar-refractivity contribution in [3.05, 3.63) is 76.3 Å². The molecule has 0 spiro atoms. The van der Waals surface area contributed by atoms with Gasteiger partial charge in [0, 0.05) is 5.69 Å². The monoisotopic (exact) mass is 321 g/mol. The number of rotatable bonds is 2. The molecule has 23 heavy (non-hydrogen) atoms. The zero-order valence-corrected chi connectivity index (χ0v) is 14.2. The first-order chi connectivity index (χ1) is 11.0. The highest BCUT2D eigenvalue weighted by atomic mass is 35.5. The van der Waals surface area contributed by atoms with Crippen LogP contribution in [0.4, 0.5) is 11.4 Å².